The lowest BCUT2D eigenvalue weighted by atomic mass is 10.1. The summed E-state index contributed by atoms with van der Waals surface area (Å²) in [7, 11) is 0. The van der Waals surface area contributed by atoms with E-state index >= 15 is 0 Å². The summed E-state index contributed by atoms with van der Waals surface area (Å²) in [5.41, 5.74) is 1.21. The maximum Gasteiger partial charge on any atom is 0.253 e. The maximum atomic E-state index is 13.0. The van der Waals surface area contributed by atoms with Gasteiger partial charge in [-0.05, 0) is 80.3 Å². The number of nitrogens with one attached hydrogen (secondary N) is 1. The van der Waals surface area contributed by atoms with Crippen LogP contribution in [-0.2, 0) is 4.79 Å². The first-order valence-corrected chi connectivity index (χ1v) is 11.6. The van der Waals surface area contributed by atoms with E-state index in [0.717, 1.165) is 38.0 Å². The Labute approximate surface area is 194 Å². The number of rotatable bonds is 6. The molecule has 0 bridgehead atoms. The fourth-order valence-electron chi connectivity index (χ4n) is 4.18. The second-order valence-electron chi connectivity index (χ2n) is 8.52. The largest absolute Gasteiger partial charge is 0.486 e. The zero-order chi connectivity index (χ0) is 23.0. The Morgan fingerprint density at radius 1 is 0.970 bits per heavy atom. The van der Waals surface area contributed by atoms with Crippen LogP contribution in [0, 0.1) is 5.82 Å². The molecular weight excluding hydrogens is 421 g/mol. The second kappa shape index (κ2) is 11.1. The molecule has 1 aliphatic carbocycles. The third-order valence-electron chi connectivity index (χ3n) is 5.97. The Bertz CT molecular complexity index is 975. The summed E-state index contributed by atoms with van der Waals surface area (Å²) < 4.78 is 19.0. The number of hydrogen-bond donors (Lipinski definition) is 1. The first-order valence-electron chi connectivity index (χ1n) is 11.6. The summed E-state index contributed by atoms with van der Waals surface area (Å²) in [6.45, 7) is 2.81. The van der Waals surface area contributed by atoms with Gasteiger partial charge in [0.05, 0.1) is 6.54 Å². The van der Waals surface area contributed by atoms with E-state index in [1.54, 1.807) is 0 Å². The summed E-state index contributed by atoms with van der Waals surface area (Å²) in [5.74, 6) is 0.285. The van der Waals surface area contributed by atoms with Crippen molar-refractivity contribution < 1.29 is 18.7 Å². The smallest absolute Gasteiger partial charge is 0.253 e. The molecule has 2 amide bonds. The second-order valence-corrected chi connectivity index (χ2v) is 8.52. The standard InChI is InChI=1S/C26H30FN3O3/c27-21-9-11-22(12-10-21)28-25(31)19-29-15-4-16-30(18-17-29)26(32)20-7-13-24(14-8-20)33-23-5-2-1-3-6-23/h2,5,7-14,23H,1,3-4,6,15-19H2,(H,28,31). The number of halogens is 1. The molecule has 4 rings (SSSR count). The molecule has 7 heteroatoms. The summed E-state index contributed by atoms with van der Waals surface area (Å²) in [4.78, 5) is 29.2. The molecule has 2 aromatic carbocycles. The Balaban J connectivity index is 1.26. The lowest BCUT2D eigenvalue weighted by Crippen LogP contribution is -2.38. The minimum Gasteiger partial charge on any atom is -0.486 e. The highest BCUT2D eigenvalue weighted by molar-refractivity contribution is 5.94. The van der Waals surface area contributed by atoms with Crippen molar-refractivity contribution in [1.82, 2.24) is 9.80 Å². The van der Waals surface area contributed by atoms with Gasteiger partial charge in [-0.3, -0.25) is 14.5 Å². The Morgan fingerprint density at radius 3 is 2.48 bits per heavy atom. The van der Waals surface area contributed by atoms with Crippen molar-refractivity contribution in [2.75, 3.05) is 38.0 Å². The highest BCUT2D eigenvalue weighted by atomic mass is 19.1. The van der Waals surface area contributed by atoms with E-state index in [4.69, 9.17) is 4.74 Å². The Morgan fingerprint density at radius 2 is 1.76 bits per heavy atom. The third kappa shape index (κ3) is 6.65. The van der Waals surface area contributed by atoms with Crippen LogP contribution in [0.1, 0.15) is 36.0 Å². The lowest BCUT2D eigenvalue weighted by molar-refractivity contribution is -0.117. The molecule has 1 saturated heterocycles. The molecule has 6 nitrogen and oxygen atoms in total. The normalized spacial score (nSPS) is 19.1. The van der Waals surface area contributed by atoms with Crippen molar-refractivity contribution >= 4 is 17.5 Å². The summed E-state index contributed by atoms with van der Waals surface area (Å²) >= 11 is 0. The molecule has 1 unspecified atom stereocenters. The van der Waals surface area contributed by atoms with E-state index in [-0.39, 0.29) is 30.3 Å². The van der Waals surface area contributed by atoms with Crippen LogP contribution in [-0.4, -0.2) is 60.4 Å². The van der Waals surface area contributed by atoms with Crippen molar-refractivity contribution in [2.45, 2.75) is 31.8 Å². The average molecular weight is 452 g/mol. The fourth-order valence-corrected chi connectivity index (χ4v) is 4.18. The molecule has 1 atom stereocenters. The van der Waals surface area contributed by atoms with E-state index in [0.29, 0.717) is 30.9 Å². The van der Waals surface area contributed by atoms with Gasteiger partial charge < -0.3 is 15.0 Å². The third-order valence-corrected chi connectivity index (χ3v) is 5.97. The molecule has 2 aliphatic rings. The number of amides is 2. The van der Waals surface area contributed by atoms with Gasteiger partial charge in [-0.1, -0.05) is 6.08 Å². The molecular formula is C26H30FN3O3. The first kappa shape index (κ1) is 23.0. The van der Waals surface area contributed by atoms with E-state index < -0.39 is 0 Å². The van der Waals surface area contributed by atoms with Gasteiger partial charge in [0.2, 0.25) is 5.91 Å². The molecule has 0 saturated carbocycles. The predicted molar refractivity (Wildman–Crippen MR) is 126 cm³/mol. The molecule has 1 aliphatic heterocycles. The summed E-state index contributed by atoms with van der Waals surface area (Å²) in [6, 6.07) is 13.1. The van der Waals surface area contributed by atoms with E-state index in [2.05, 4.69) is 17.5 Å². The van der Waals surface area contributed by atoms with Gasteiger partial charge >= 0.3 is 0 Å². The maximum absolute atomic E-state index is 13.0. The molecule has 1 fully saturated rings. The molecule has 0 radical (unpaired) electrons. The topological polar surface area (TPSA) is 61.9 Å². The summed E-state index contributed by atoms with van der Waals surface area (Å²) in [6.07, 6.45) is 8.43. The fraction of sp³-hybridized carbons (Fsp3) is 0.385. The van der Waals surface area contributed by atoms with Crippen LogP contribution in [0.4, 0.5) is 10.1 Å². The number of nitrogens with zero attached hydrogens (tertiary/aromatic N) is 2. The van der Waals surface area contributed by atoms with Gasteiger partial charge in [-0.15, -0.1) is 0 Å². The van der Waals surface area contributed by atoms with Crippen LogP contribution in [0.2, 0.25) is 0 Å². The van der Waals surface area contributed by atoms with Gasteiger partial charge in [0.1, 0.15) is 17.7 Å². The monoisotopic (exact) mass is 451 g/mol. The van der Waals surface area contributed by atoms with Gasteiger partial charge in [-0.2, -0.15) is 0 Å². The molecule has 0 spiro atoms. The number of benzene rings is 2. The minimum absolute atomic E-state index is 0.00303. The molecule has 1 N–H and O–H groups in total. The van der Waals surface area contributed by atoms with Gasteiger partial charge in [-0.25, -0.2) is 4.39 Å². The molecule has 174 valence electrons. The van der Waals surface area contributed by atoms with Crippen LogP contribution in [0.25, 0.3) is 0 Å². The van der Waals surface area contributed by atoms with E-state index in [1.807, 2.05) is 34.1 Å². The minimum atomic E-state index is -0.339. The molecule has 0 aromatic heterocycles. The number of ether oxygens (including phenoxy) is 1. The number of hydrogen-bond acceptors (Lipinski definition) is 4. The van der Waals surface area contributed by atoms with Crippen LogP contribution < -0.4 is 10.1 Å². The van der Waals surface area contributed by atoms with Crippen molar-refractivity contribution in [3.63, 3.8) is 0 Å². The van der Waals surface area contributed by atoms with E-state index in [9.17, 15) is 14.0 Å². The highest BCUT2D eigenvalue weighted by Crippen LogP contribution is 2.20. The van der Waals surface area contributed by atoms with Crippen molar-refractivity contribution in [2.24, 2.45) is 0 Å². The van der Waals surface area contributed by atoms with Crippen molar-refractivity contribution in [3.8, 4) is 5.75 Å². The van der Waals surface area contributed by atoms with Gasteiger partial charge in [0.15, 0.2) is 0 Å². The van der Waals surface area contributed by atoms with Crippen LogP contribution in [0.5, 0.6) is 5.75 Å². The average Bonchev–Trinajstić information content (AvgIpc) is 3.07. The SMILES string of the molecule is O=C(CN1CCCN(C(=O)c2ccc(OC3C=CCCC3)cc2)CC1)Nc1ccc(F)cc1. The van der Waals surface area contributed by atoms with Gasteiger partial charge in [0, 0.05) is 37.4 Å². The van der Waals surface area contributed by atoms with Gasteiger partial charge in [0.25, 0.3) is 5.91 Å². The number of anilines is 1. The number of carbonyl (C=O) groups excluding carboxylic acids is 2. The van der Waals surface area contributed by atoms with Crippen LogP contribution in [0.3, 0.4) is 0 Å². The predicted octanol–water partition coefficient (Wildman–Crippen LogP) is 4.10. The molecule has 1 heterocycles. The highest BCUT2D eigenvalue weighted by Gasteiger charge is 2.22. The number of allylic oxidation sites excluding steroid dienone is 1. The molecule has 2 aromatic rings. The van der Waals surface area contributed by atoms with Crippen molar-refractivity contribution in [3.05, 3.63) is 72.1 Å². The zero-order valence-electron chi connectivity index (χ0n) is 18.7. The van der Waals surface area contributed by atoms with Crippen molar-refractivity contribution in [1.29, 1.82) is 0 Å². The zero-order valence-corrected chi connectivity index (χ0v) is 18.7. The van der Waals surface area contributed by atoms with Crippen LogP contribution >= 0.6 is 0 Å². The first-order chi connectivity index (χ1) is 16.1. The van der Waals surface area contributed by atoms with Crippen LogP contribution in [0.15, 0.2) is 60.7 Å². The van der Waals surface area contributed by atoms with E-state index in [1.165, 1.54) is 24.3 Å². The number of carbonyl (C=O) groups is 2. The lowest BCUT2D eigenvalue weighted by Gasteiger charge is -2.22. The Hall–Kier alpha value is -3.19. The quantitative estimate of drug-likeness (QED) is 0.672. The summed E-state index contributed by atoms with van der Waals surface area (Å²) in [5, 5.41) is 2.79. The molecule has 33 heavy (non-hydrogen) atoms. The Kier molecular flexibility index (Phi) is 7.73.